The molecule has 1 fully saturated rings. The van der Waals surface area contributed by atoms with Crippen molar-refractivity contribution in [1.82, 2.24) is 10.3 Å². The van der Waals surface area contributed by atoms with Gasteiger partial charge in [0.05, 0.1) is 0 Å². The predicted octanol–water partition coefficient (Wildman–Crippen LogP) is 3.32. The van der Waals surface area contributed by atoms with Crippen molar-refractivity contribution in [3.8, 4) is 0 Å². The summed E-state index contributed by atoms with van der Waals surface area (Å²) in [5, 5.41) is 4.07. The van der Waals surface area contributed by atoms with E-state index in [1.165, 1.54) is 12.1 Å². The molecule has 1 aliphatic rings. The van der Waals surface area contributed by atoms with Crippen LogP contribution in [0.4, 0.5) is 4.39 Å². The van der Waals surface area contributed by atoms with Gasteiger partial charge >= 0.3 is 0 Å². The number of halogens is 1. The zero-order valence-corrected chi connectivity index (χ0v) is 12.5. The molecule has 0 radical (unpaired) electrons. The summed E-state index contributed by atoms with van der Waals surface area (Å²) in [5.74, 6) is 0.768. The van der Waals surface area contributed by atoms with Crippen LogP contribution in [0, 0.1) is 24.6 Å². The molecule has 0 saturated heterocycles. The highest BCUT2D eigenvalue weighted by Crippen LogP contribution is 2.40. The van der Waals surface area contributed by atoms with Crippen LogP contribution in [0.25, 0.3) is 10.9 Å². The minimum atomic E-state index is -0.233. The van der Waals surface area contributed by atoms with Gasteiger partial charge < -0.3 is 10.3 Å². The van der Waals surface area contributed by atoms with E-state index in [4.69, 9.17) is 0 Å². The molecular weight excluding hydrogens is 267 g/mol. The van der Waals surface area contributed by atoms with Gasteiger partial charge in [-0.1, -0.05) is 13.3 Å². The van der Waals surface area contributed by atoms with E-state index in [-0.39, 0.29) is 17.6 Å². The van der Waals surface area contributed by atoms with E-state index in [0.717, 1.165) is 41.4 Å². The lowest BCUT2D eigenvalue weighted by Gasteiger charge is -2.05. The number of nitrogens with one attached hydrogen (secondary N) is 2. The second-order valence-electron chi connectivity index (χ2n) is 5.97. The highest BCUT2D eigenvalue weighted by molar-refractivity contribution is 5.85. The Kier molecular flexibility index (Phi) is 3.70. The normalized spacial score (nSPS) is 20.7. The summed E-state index contributed by atoms with van der Waals surface area (Å²) in [6.45, 7) is 4.76. The lowest BCUT2D eigenvalue weighted by atomic mass is 10.1. The molecule has 1 aromatic heterocycles. The Bertz CT molecular complexity index is 677. The molecule has 1 heterocycles. The topological polar surface area (TPSA) is 44.9 Å². The molecule has 1 amide bonds. The second-order valence-corrected chi connectivity index (χ2v) is 5.97. The number of rotatable bonds is 5. The van der Waals surface area contributed by atoms with Crippen LogP contribution in [-0.2, 0) is 11.2 Å². The molecular formula is C17H21FN2O. The maximum absolute atomic E-state index is 13.2. The van der Waals surface area contributed by atoms with Gasteiger partial charge in [0.25, 0.3) is 0 Å². The monoisotopic (exact) mass is 288 g/mol. The van der Waals surface area contributed by atoms with Crippen LogP contribution in [0.5, 0.6) is 0 Å². The Morgan fingerprint density at radius 1 is 1.48 bits per heavy atom. The van der Waals surface area contributed by atoms with Crippen LogP contribution >= 0.6 is 0 Å². The number of fused-ring (bicyclic) bond motifs is 1. The van der Waals surface area contributed by atoms with Crippen LogP contribution < -0.4 is 5.32 Å². The number of aromatic nitrogens is 1. The average Bonchev–Trinajstić information content (AvgIpc) is 3.18. The fourth-order valence-corrected chi connectivity index (χ4v) is 3.15. The molecule has 4 heteroatoms. The highest BCUT2D eigenvalue weighted by Gasteiger charge is 2.40. The largest absolute Gasteiger partial charge is 0.358 e. The van der Waals surface area contributed by atoms with Crippen molar-refractivity contribution in [2.24, 2.45) is 11.8 Å². The summed E-state index contributed by atoms with van der Waals surface area (Å²) in [4.78, 5) is 15.1. The molecule has 1 aliphatic carbocycles. The molecule has 1 aromatic carbocycles. The molecule has 21 heavy (non-hydrogen) atoms. The third kappa shape index (κ3) is 2.80. The Morgan fingerprint density at radius 2 is 2.29 bits per heavy atom. The SMILES string of the molecule is CCC1CC1C(=O)NCCc1c(C)[nH]c2cc(F)ccc12. The third-order valence-corrected chi connectivity index (χ3v) is 4.54. The Balaban J connectivity index is 1.63. The summed E-state index contributed by atoms with van der Waals surface area (Å²) >= 11 is 0. The van der Waals surface area contributed by atoms with Gasteiger partial charge in [0.2, 0.25) is 5.91 Å². The molecule has 112 valence electrons. The highest BCUT2D eigenvalue weighted by atomic mass is 19.1. The molecule has 2 unspecified atom stereocenters. The van der Waals surface area contributed by atoms with Crippen molar-refractivity contribution in [3.63, 3.8) is 0 Å². The fourth-order valence-electron chi connectivity index (χ4n) is 3.15. The number of carbonyl (C=O) groups is 1. The first kappa shape index (κ1) is 14.1. The summed E-state index contributed by atoms with van der Waals surface area (Å²) in [7, 11) is 0. The number of hydrogen-bond acceptors (Lipinski definition) is 1. The first-order valence-electron chi connectivity index (χ1n) is 7.64. The maximum Gasteiger partial charge on any atom is 0.223 e. The van der Waals surface area contributed by atoms with E-state index in [2.05, 4.69) is 17.2 Å². The van der Waals surface area contributed by atoms with Gasteiger partial charge in [0.15, 0.2) is 0 Å². The number of H-pyrrole nitrogens is 1. The summed E-state index contributed by atoms with van der Waals surface area (Å²) < 4.78 is 13.2. The molecule has 0 aliphatic heterocycles. The molecule has 2 N–H and O–H groups in total. The van der Waals surface area contributed by atoms with Crippen LogP contribution in [0.15, 0.2) is 18.2 Å². The van der Waals surface area contributed by atoms with E-state index in [1.54, 1.807) is 6.07 Å². The standard InChI is InChI=1S/C17H21FN2O/c1-3-11-8-15(11)17(21)19-7-6-13-10(2)20-16-9-12(18)4-5-14(13)16/h4-5,9,11,15,20H,3,6-8H2,1-2H3,(H,19,21). The Labute approximate surface area is 123 Å². The smallest absolute Gasteiger partial charge is 0.223 e. The first-order chi connectivity index (χ1) is 10.1. The Morgan fingerprint density at radius 3 is 3.00 bits per heavy atom. The van der Waals surface area contributed by atoms with E-state index < -0.39 is 0 Å². The van der Waals surface area contributed by atoms with Crippen molar-refractivity contribution in [3.05, 3.63) is 35.3 Å². The molecule has 3 nitrogen and oxygen atoms in total. The summed E-state index contributed by atoms with van der Waals surface area (Å²) in [6, 6.07) is 4.80. The van der Waals surface area contributed by atoms with Crippen molar-refractivity contribution in [2.45, 2.75) is 33.1 Å². The molecule has 0 spiro atoms. The quantitative estimate of drug-likeness (QED) is 0.871. The first-order valence-corrected chi connectivity index (χ1v) is 7.64. The van der Waals surface area contributed by atoms with Crippen molar-refractivity contribution >= 4 is 16.8 Å². The number of benzene rings is 1. The molecule has 3 rings (SSSR count). The van der Waals surface area contributed by atoms with Gasteiger partial charge in [-0.05, 0) is 49.4 Å². The van der Waals surface area contributed by atoms with Gasteiger partial charge in [0.1, 0.15) is 5.82 Å². The maximum atomic E-state index is 13.2. The average molecular weight is 288 g/mol. The zero-order valence-electron chi connectivity index (χ0n) is 12.5. The van der Waals surface area contributed by atoms with Gasteiger partial charge in [-0.3, -0.25) is 4.79 Å². The minimum absolute atomic E-state index is 0.186. The third-order valence-electron chi connectivity index (χ3n) is 4.54. The van der Waals surface area contributed by atoms with E-state index in [9.17, 15) is 9.18 Å². The lowest BCUT2D eigenvalue weighted by Crippen LogP contribution is -2.27. The van der Waals surface area contributed by atoms with Crippen LogP contribution in [0.3, 0.4) is 0 Å². The molecule has 1 saturated carbocycles. The molecule has 2 aromatic rings. The van der Waals surface area contributed by atoms with Crippen LogP contribution in [0.2, 0.25) is 0 Å². The van der Waals surface area contributed by atoms with E-state index in [0.29, 0.717) is 12.5 Å². The van der Waals surface area contributed by atoms with Crippen LogP contribution in [-0.4, -0.2) is 17.4 Å². The second kappa shape index (κ2) is 5.51. The van der Waals surface area contributed by atoms with Crippen molar-refractivity contribution in [2.75, 3.05) is 6.54 Å². The van der Waals surface area contributed by atoms with Crippen LogP contribution in [0.1, 0.15) is 31.0 Å². The molecule has 2 atom stereocenters. The number of hydrogen-bond donors (Lipinski definition) is 2. The predicted molar refractivity (Wildman–Crippen MR) is 81.6 cm³/mol. The zero-order chi connectivity index (χ0) is 15.0. The number of carbonyl (C=O) groups excluding carboxylic acids is 1. The number of aromatic amines is 1. The van der Waals surface area contributed by atoms with Gasteiger partial charge in [-0.15, -0.1) is 0 Å². The van der Waals surface area contributed by atoms with Gasteiger partial charge in [-0.25, -0.2) is 4.39 Å². The fraction of sp³-hybridized carbons (Fsp3) is 0.471. The lowest BCUT2D eigenvalue weighted by molar-refractivity contribution is -0.122. The van der Waals surface area contributed by atoms with Gasteiger partial charge in [0, 0.05) is 29.1 Å². The van der Waals surface area contributed by atoms with Crippen molar-refractivity contribution in [1.29, 1.82) is 0 Å². The number of aryl methyl sites for hydroxylation is 1. The van der Waals surface area contributed by atoms with Crippen molar-refractivity contribution < 1.29 is 9.18 Å². The summed E-state index contributed by atoms with van der Waals surface area (Å²) in [6.07, 6.45) is 2.89. The summed E-state index contributed by atoms with van der Waals surface area (Å²) in [5.41, 5.74) is 3.03. The number of amides is 1. The van der Waals surface area contributed by atoms with Gasteiger partial charge in [-0.2, -0.15) is 0 Å². The van der Waals surface area contributed by atoms with E-state index in [1.807, 2.05) is 6.92 Å². The Hall–Kier alpha value is -1.84. The molecule has 0 bridgehead atoms. The minimum Gasteiger partial charge on any atom is -0.358 e. The van der Waals surface area contributed by atoms with E-state index >= 15 is 0 Å².